The van der Waals surface area contributed by atoms with Gasteiger partial charge in [-0.2, -0.15) is 0 Å². The summed E-state index contributed by atoms with van der Waals surface area (Å²) in [5.74, 6) is -0.203. The third-order valence-electron chi connectivity index (χ3n) is 2.95. The van der Waals surface area contributed by atoms with Crippen LogP contribution >= 0.6 is 28.3 Å². The summed E-state index contributed by atoms with van der Waals surface area (Å²) < 4.78 is 13.8. The number of hydrogen-bond acceptors (Lipinski definition) is 2. The molecule has 0 saturated carbocycles. The van der Waals surface area contributed by atoms with Gasteiger partial charge in [0.25, 0.3) is 0 Å². The van der Waals surface area contributed by atoms with Gasteiger partial charge in [-0.25, -0.2) is 4.39 Å². The van der Waals surface area contributed by atoms with Crippen LogP contribution in [0, 0.1) is 5.82 Å². The number of halogens is 3. The molecule has 1 aromatic rings. The maximum Gasteiger partial charge on any atom is 0.124 e. The summed E-state index contributed by atoms with van der Waals surface area (Å²) in [6.07, 6.45) is 2.26. The van der Waals surface area contributed by atoms with Crippen molar-refractivity contribution in [1.29, 1.82) is 0 Å². The van der Waals surface area contributed by atoms with Crippen molar-refractivity contribution < 1.29 is 4.39 Å². The summed E-state index contributed by atoms with van der Waals surface area (Å²) in [5.41, 5.74) is 7.05. The van der Waals surface area contributed by atoms with E-state index < -0.39 is 0 Å². The molecule has 2 nitrogen and oxygen atoms in total. The minimum atomic E-state index is -0.203. The monoisotopic (exact) mass is 322 g/mol. The molecule has 1 unspecified atom stereocenters. The van der Waals surface area contributed by atoms with Gasteiger partial charge in [0.1, 0.15) is 5.82 Å². The van der Waals surface area contributed by atoms with Gasteiger partial charge in [-0.1, -0.05) is 22.0 Å². The number of hydrogen-bond donors (Lipinski definition) is 1. The van der Waals surface area contributed by atoms with Crippen molar-refractivity contribution in [2.24, 2.45) is 5.73 Å². The normalized spacial score (nSPS) is 21.0. The van der Waals surface area contributed by atoms with Gasteiger partial charge < -0.3 is 5.73 Å². The van der Waals surface area contributed by atoms with Gasteiger partial charge in [0, 0.05) is 23.6 Å². The largest absolute Gasteiger partial charge is 0.327 e. The molecule has 1 heterocycles. The fraction of sp³-hybridized carbons (Fsp3) is 0.500. The molecule has 5 heteroatoms. The molecule has 17 heavy (non-hydrogen) atoms. The molecule has 2 N–H and O–H groups in total. The molecule has 0 radical (unpaired) electrons. The predicted octanol–water partition coefficient (Wildman–Crippen LogP) is 2.93. The standard InChI is InChI=1S/C12H16BrFN2.ClH/c13-12-6-10(14)4-3-9(12)7-16-5-1-2-11(15)8-16;/h3-4,6,11H,1-2,5,7-8,15H2;1H. The molecule has 0 spiro atoms. The lowest BCUT2D eigenvalue weighted by Crippen LogP contribution is -2.42. The third kappa shape index (κ3) is 4.21. The molecule has 0 aromatic heterocycles. The van der Waals surface area contributed by atoms with Crippen LogP contribution in [0.25, 0.3) is 0 Å². The predicted molar refractivity (Wildman–Crippen MR) is 73.8 cm³/mol. The van der Waals surface area contributed by atoms with E-state index in [4.69, 9.17) is 5.73 Å². The fourth-order valence-electron chi connectivity index (χ4n) is 2.13. The Bertz CT molecular complexity index is 376. The van der Waals surface area contributed by atoms with Crippen molar-refractivity contribution in [3.63, 3.8) is 0 Å². The highest BCUT2D eigenvalue weighted by Crippen LogP contribution is 2.21. The van der Waals surface area contributed by atoms with Crippen molar-refractivity contribution in [3.05, 3.63) is 34.1 Å². The van der Waals surface area contributed by atoms with Gasteiger partial charge in [0.2, 0.25) is 0 Å². The third-order valence-corrected chi connectivity index (χ3v) is 3.69. The van der Waals surface area contributed by atoms with Crippen LogP contribution in [0.3, 0.4) is 0 Å². The summed E-state index contributed by atoms with van der Waals surface area (Å²) in [7, 11) is 0. The van der Waals surface area contributed by atoms with Gasteiger partial charge in [-0.15, -0.1) is 12.4 Å². The Hall–Kier alpha value is -0.160. The summed E-state index contributed by atoms with van der Waals surface area (Å²) in [6.45, 7) is 2.86. The Morgan fingerprint density at radius 2 is 2.24 bits per heavy atom. The van der Waals surface area contributed by atoms with Crippen LogP contribution in [0.5, 0.6) is 0 Å². The zero-order valence-electron chi connectivity index (χ0n) is 9.53. The first-order valence-corrected chi connectivity index (χ1v) is 6.36. The number of nitrogens with zero attached hydrogens (tertiary/aromatic N) is 1. The number of benzene rings is 1. The molecule has 1 fully saturated rings. The fourth-order valence-corrected chi connectivity index (χ4v) is 2.60. The molecule has 1 aliphatic rings. The van der Waals surface area contributed by atoms with E-state index >= 15 is 0 Å². The molecule has 2 rings (SSSR count). The van der Waals surface area contributed by atoms with Crippen molar-refractivity contribution in [1.82, 2.24) is 4.90 Å². The molecule has 0 amide bonds. The molecule has 1 saturated heterocycles. The van der Waals surface area contributed by atoms with E-state index in [0.717, 1.165) is 42.5 Å². The Balaban J connectivity index is 0.00000144. The lowest BCUT2D eigenvalue weighted by Gasteiger charge is -2.30. The Morgan fingerprint density at radius 1 is 1.47 bits per heavy atom. The first kappa shape index (κ1) is 14.9. The zero-order chi connectivity index (χ0) is 11.5. The highest BCUT2D eigenvalue weighted by molar-refractivity contribution is 9.10. The Labute approximate surface area is 116 Å². The second-order valence-electron chi connectivity index (χ2n) is 4.37. The van der Waals surface area contributed by atoms with E-state index in [1.807, 2.05) is 6.07 Å². The van der Waals surface area contributed by atoms with Crippen LogP contribution in [-0.2, 0) is 6.54 Å². The highest BCUT2D eigenvalue weighted by atomic mass is 79.9. The quantitative estimate of drug-likeness (QED) is 0.907. The summed E-state index contributed by atoms with van der Waals surface area (Å²) in [6, 6.07) is 5.14. The van der Waals surface area contributed by atoms with Crippen LogP contribution in [-0.4, -0.2) is 24.0 Å². The first-order chi connectivity index (χ1) is 7.65. The average Bonchev–Trinajstić information content (AvgIpc) is 2.22. The second-order valence-corrected chi connectivity index (χ2v) is 5.23. The van der Waals surface area contributed by atoms with E-state index in [0.29, 0.717) is 0 Å². The SMILES string of the molecule is Cl.NC1CCCN(Cc2ccc(F)cc2Br)C1. The number of likely N-dealkylation sites (tertiary alicyclic amines) is 1. The number of nitrogens with two attached hydrogens (primary N) is 1. The highest BCUT2D eigenvalue weighted by Gasteiger charge is 2.17. The first-order valence-electron chi connectivity index (χ1n) is 5.57. The van der Waals surface area contributed by atoms with Gasteiger partial charge in [0.05, 0.1) is 0 Å². The van der Waals surface area contributed by atoms with Crippen LogP contribution in [0.2, 0.25) is 0 Å². The molecular weight excluding hydrogens is 307 g/mol. The molecule has 1 aromatic carbocycles. The number of rotatable bonds is 2. The molecule has 0 bridgehead atoms. The van der Waals surface area contributed by atoms with E-state index in [-0.39, 0.29) is 24.3 Å². The summed E-state index contributed by atoms with van der Waals surface area (Å²) >= 11 is 3.39. The van der Waals surface area contributed by atoms with Gasteiger partial charge >= 0.3 is 0 Å². The van der Waals surface area contributed by atoms with E-state index in [2.05, 4.69) is 20.8 Å². The van der Waals surface area contributed by atoms with Gasteiger partial charge in [-0.05, 0) is 37.1 Å². The Morgan fingerprint density at radius 3 is 2.88 bits per heavy atom. The van der Waals surface area contributed by atoms with Gasteiger partial charge in [-0.3, -0.25) is 4.90 Å². The van der Waals surface area contributed by atoms with Crippen molar-refractivity contribution in [2.75, 3.05) is 13.1 Å². The topological polar surface area (TPSA) is 29.3 Å². The lowest BCUT2D eigenvalue weighted by molar-refractivity contribution is 0.201. The van der Waals surface area contributed by atoms with Crippen LogP contribution in [0.15, 0.2) is 22.7 Å². The van der Waals surface area contributed by atoms with Crippen molar-refractivity contribution >= 4 is 28.3 Å². The number of piperidine rings is 1. The van der Waals surface area contributed by atoms with E-state index in [1.54, 1.807) is 0 Å². The summed E-state index contributed by atoms with van der Waals surface area (Å²) in [4.78, 5) is 2.33. The smallest absolute Gasteiger partial charge is 0.124 e. The maximum atomic E-state index is 12.9. The van der Waals surface area contributed by atoms with Crippen LogP contribution in [0.4, 0.5) is 4.39 Å². The van der Waals surface area contributed by atoms with Crippen molar-refractivity contribution in [3.8, 4) is 0 Å². The van der Waals surface area contributed by atoms with Crippen molar-refractivity contribution in [2.45, 2.75) is 25.4 Å². The average molecular weight is 324 g/mol. The molecule has 1 atom stereocenters. The van der Waals surface area contributed by atoms with E-state index in [1.165, 1.54) is 12.1 Å². The molecule has 96 valence electrons. The van der Waals surface area contributed by atoms with E-state index in [9.17, 15) is 4.39 Å². The zero-order valence-corrected chi connectivity index (χ0v) is 11.9. The summed E-state index contributed by atoms with van der Waals surface area (Å²) in [5, 5.41) is 0. The maximum absolute atomic E-state index is 12.9. The lowest BCUT2D eigenvalue weighted by atomic mass is 10.1. The van der Waals surface area contributed by atoms with Crippen LogP contribution in [0.1, 0.15) is 18.4 Å². The van der Waals surface area contributed by atoms with Crippen LogP contribution < -0.4 is 5.73 Å². The molecular formula is C12H17BrClFN2. The Kier molecular flexibility index (Phi) is 5.86. The molecule has 0 aliphatic carbocycles. The minimum Gasteiger partial charge on any atom is -0.327 e. The molecule has 1 aliphatic heterocycles. The minimum absolute atomic E-state index is 0. The second kappa shape index (κ2) is 6.69. The van der Waals surface area contributed by atoms with Gasteiger partial charge in [0.15, 0.2) is 0 Å².